The second-order valence-corrected chi connectivity index (χ2v) is 7.90. The Hall–Kier alpha value is -2.38. The lowest BCUT2D eigenvalue weighted by Crippen LogP contribution is -2.35. The number of benzene rings is 1. The summed E-state index contributed by atoms with van der Waals surface area (Å²) in [6, 6.07) is 6.79. The van der Waals surface area contributed by atoms with Crippen molar-refractivity contribution >= 4 is 40.2 Å². The zero-order chi connectivity index (χ0) is 18.4. The summed E-state index contributed by atoms with van der Waals surface area (Å²) in [6.07, 6.45) is 6.89. The van der Waals surface area contributed by atoms with Gasteiger partial charge < -0.3 is 10.7 Å². The Kier molecular flexibility index (Phi) is 4.13. The maximum atomic E-state index is 6.17. The number of H-pyrrole nitrogens is 2. The van der Waals surface area contributed by atoms with E-state index < -0.39 is 0 Å². The van der Waals surface area contributed by atoms with E-state index in [1.165, 1.54) is 11.3 Å². The Morgan fingerprint density at radius 3 is 2.96 bits per heavy atom. The van der Waals surface area contributed by atoms with Gasteiger partial charge in [-0.25, -0.2) is 9.97 Å². The molecule has 5 rings (SSSR count). The zero-order valence-electron chi connectivity index (χ0n) is 15.0. The van der Waals surface area contributed by atoms with Gasteiger partial charge in [-0.3, -0.25) is 10.2 Å². The molecule has 2 aromatic heterocycles. The van der Waals surface area contributed by atoms with Crippen LogP contribution in [0.25, 0.3) is 11.2 Å². The van der Waals surface area contributed by atoms with Gasteiger partial charge in [-0.1, -0.05) is 16.6 Å². The minimum Gasteiger partial charge on any atom is -0.337 e. The molecule has 0 amide bonds. The second-order valence-electron chi connectivity index (χ2n) is 7.47. The van der Waals surface area contributed by atoms with Gasteiger partial charge in [0.25, 0.3) is 0 Å². The summed E-state index contributed by atoms with van der Waals surface area (Å²) < 4.78 is 0. The summed E-state index contributed by atoms with van der Waals surface area (Å²) in [5.74, 6) is 1.74. The highest BCUT2D eigenvalue weighted by atomic mass is 35.5. The molecule has 1 saturated carbocycles. The smallest absolute Gasteiger partial charge is 0.337 e. The van der Waals surface area contributed by atoms with Gasteiger partial charge in [0.1, 0.15) is 0 Å². The average Bonchev–Trinajstić information content (AvgIpc) is 3.29. The molecule has 1 aromatic carbocycles. The molecule has 0 unspecified atom stereocenters. The van der Waals surface area contributed by atoms with E-state index in [1.54, 1.807) is 6.33 Å². The van der Waals surface area contributed by atoms with Crippen LogP contribution in [-0.2, 0) is 6.42 Å². The molecule has 0 spiro atoms. The molecule has 0 atom stereocenters. The Morgan fingerprint density at radius 2 is 2.11 bits per heavy atom. The predicted molar refractivity (Wildman–Crippen MR) is 106 cm³/mol. The number of imidazole rings is 1. The van der Waals surface area contributed by atoms with Crippen LogP contribution in [0.1, 0.15) is 31.2 Å². The zero-order valence-corrected chi connectivity index (χ0v) is 15.8. The quantitative estimate of drug-likeness (QED) is 0.645. The van der Waals surface area contributed by atoms with E-state index in [1.807, 2.05) is 12.1 Å². The first-order chi connectivity index (χ1) is 13.2. The Morgan fingerprint density at radius 1 is 1.26 bits per heavy atom. The molecule has 27 heavy (non-hydrogen) atoms. The molecule has 1 aliphatic carbocycles. The molecule has 0 radical (unpaired) electrons. The first-order valence-corrected chi connectivity index (χ1v) is 9.89. The van der Waals surface area contributed by atoms with E-state index in [-0.39, 0.29) is 0 Å². The highest BCUT2D eigenvalue weighted by Gasteiger charge is 2.30. The van der Waals surface area contributed by atoms with Crippen molar-refractivity contribution in [3.8, 4) is 0 Å². The highest BCUT2D eigenvalue weighted by Crippen LogP contribution is 2.36. The SMILES string of the molecule is NC1CCC(Nc2nc3nc[nH]c3c(N3CCc4cc(Cl)ccc43)[nH+]2)CC1. The van der Waals surface area contributed by atoms with Crippen molar-refractivity contribution in [3.05, 3.63) is 35.1 Å². The van der Waals surface area contributed by atoms with Gasteiger partial charge >= 0.3 is 5.95 Å². The molecule has 7 nitrogen and oxygen atoms in total. The fraction of sp³-hybridized carbons (Fsp3) is 0.421. The third-order valence-corrected chi connectivity index (χ3v) is 5.87. The normalized spacial score (nSPS) is 22.2. The second kappa shape index (κ2) is 6.65. The average molecular weight is 385 g/mol. The number of rotatable bonds is 3. The van der Waals surface area contributed by atoms with Crippen molar-refractivity contribution in [2.24, 2.45) is 5.73 Å². The topological polar surface area (TPSA) is 97.0 Å². The summed E-state index contributed by atoms with van der Waals surface area (Å²) >= 11 is 6.17. The molecule has 3 aromatic rings. The van der Waals surface area contributed by atoms with Crippen LogP contribution in [0.15, 0.2) is 24.5 Å². The summed E-state index contributed by atoms with van der Waals surface area (Å²) in [5.41, 5.74) is 10.1. The maximum absolute atomic E-state index is 6.17. The number of fused-ring (bicyclic) bond motifs is 2. The molecule has 5 N–H and O–H groups in total. The van der Waals surface area contributed by atoms with Gasteiger partial charge in [-0.05, 0) is 49.4 Å². The van der Waals surface area contributed by atoms with Crippen LogP contribution < -0.4 is 20.9 Å². The third-order valence-electron chi connectivity index (χ3n) is 5.63. The number of hydrogen-bond acceptors (Lipinski definition) is 5. The van der Waals surface area contributed by atoms with Crippen LogP contribution in [0, 0.1) is 0 Å². The van der Waals surface area contributed by atoms with Gasteiger partial charge in [0.15, 0.2) is 5.52 Å². The fourth-order valence-electron chi connectivity index (χ4n) is 4.18. The maximum Gasteiger partial charge on any atom is 0.347 e. The summed E-state index contributed by atoms with van der Waals surface area (Å²) in [7, 11) is 0. The van der Waals surface area contributed by atoms with Gasteiger partial charge in [0.05, 0.1) is 24.6 Å². The Bertz CT molecular complexity index is 977. The fourth-order valence-corrected chi connectivity index (χ4v) is 4.38. The minimum atomic E-state index is 0.331. The predicted octanol–water partition coefficient (Wildman–Crippen LogP) is 2.80. The van der Waals surface area contributed by atoms with E-state index in [0.717, 1.165) is 61.0 Å². The van der Waals surface area contributed by atoms with Gasteiger partial charge in [-0.2, -0.15) is 0 Å². The molecule has 2 aliphatic rings. The highest BCUT2D eigenvalue weighted by molar-refractivity contribution is 6.30. The van der Waals surface area contributed by atoms with E-state index in [4.69, 9.17) is 17.3 Å². The standard InChI is InChI=1S/C19H22ClN7/c20-12-1-6-15-11(9-12)7-8-27(15)18-16-17(23-10-22-16)25-19(26-18)24-14-4-2-13(21)3-5-14/h1,6,9-10,13-14H,2-5,7-8,21H2,(H2,22,23,24,25,26)/p+1. The van der Waals surface area contributed by atoms with E-state index in [9.17, 15) is 0 Å². The molecule has 3 heterocycles. The number of nitrogens with one attached hydrogen (secondary N) is 3. The molecule has 140 valence electrons. The van der Waals surface area contributed by atoms with Gasteiger partial charge in [-0.15, -0.1) is 0 Å². The third kappa shape index (κ3) is 3.11. The molecule has 0 saturated heterocycles. The number of nitrogens with zero attached hydrogens (tertiary/aromatic N) is 3. The lowest BCUT2D eigenvalue weighted by molar-refractivity contribution is -0.348. The molecule has 1 fully saturated rings. The van der Waals surface area contributed by atoms with Crippen LogP contribution in [0.5, 0.6) is 0 Å². The first-order valence-electron chi connectivity index (χ1n) is 9.52. The lowest BCUT2D eigenvalue weighted by atomic mass is 9.92. The number of halogens is 1. The van der Waals surface area contributed by atoms with Crippen molar-refractivity contribution in [1.82, 2.24) is 15.0 Å². The van der Waals surface area contributed by atoms with Gasteiger partial charge in [0, 0.05) is 17.5 Å². The first kappa shape index (κ1) is 16.8. The Balaban J connectivity index is 1.50. The number of aromatic nitrogens is 4. The summed E-state index contributed by atoms with van der Waals surface area (Å²) in [4.78, 5) is 18.1. The number of anilines is 3. The van der Waals surface area contributed by atoms with Crippen molar-refractivity contribution in [2.75, 3.05) is 16.8 Å². The van der Waals surface area contributed by atoms with Crippen molar-refractivity contribution in [2.45, 2.75) is 44.2 Å². The number of aromatic amines is 2. The van der Waals surface area contributed by atoms with Crippen LogP contribution in [-0.4, -0.2) is 33.6 Å². The van der Waals surface area contributed by atoms with Gasteiger partial charge in [0.2, 0.25) is 11.5 Å². The monoisotopic (exact) mass is 384 g/mol. The largest absolute Gasteiger partial charge is 0.347 e. The van der Waals surface area contributed by atoms with Crippen molar-refractivity contribution in [3.63, 3.8) is 0 Å². The van der Waals surface area contributed by atoms with Crippen LogP contribution in [0.3, 0.4) is 0 Å². The summed E-state index contributed by atoms with van der Waals surface area (Å²) in [6.45, 7) is 0.891. The molecule has 0 bridgehead atoms. The molecule has 1 aliphatic heterocycles. The van der Waals surface area contributed by atoms with Crippen LogP contribution in [0.4, 0.5) is 17.5 Å². The molecule has 8 heteroatoms. The summed E-state index contributed by atoms with van der Waals surface area (Å²) in [5, 5.41) is 4.33. The van der Waals surface area contributed by atoms with Crippen LogP contribution in [0.2, 0.25) is 5.02 Å². The van der Waals surface area contributed by atoms with E-state index in [0.29, 0.717) is 17.7 Å². The molecular weight excluding hydrogens is 362 g/mol. The van der Waals surface area contributed by atoms with Crippen molar-refractivity contribution in [1.29, 1.82) is 0 Å². The lowest BCUT2D eigenvalue weighted by Gasteiger charge is -2.25. The van der Waals surface area contributed by atoms with Crippen LogP contribution >= 0.6 is 11.6 Å². The van der Waals surface area contributed by atoms with E-state index in [2.05, 4.69) is 36.2 Å². The Labute approximate surface area is 162 Å². The number of hydrogen-bond donors (Lipinski definition) is 3. The number of nitrogens with two attached hydrogens (primary N) is 1. The minimum absolute atomic E-state index is 0.331. The molecular formula is C19H23ClN7+. The van der Waals surface area contributed by atoms with Crippen molar-refractivity contribution < 1.29 is 4.98 Å². The van der Waals surface area contributed by atoms with E-state index >= 15 is 0 Å².